The molecule has 126 valence electrons. The summed E-state index contributed by atoms with van der Waals surface area (Å²) in [5.41, 5.74) is -0.284. The average molecular weight is 362 g/mol. The molecule has 8 nitrogen and oxygen atoms in total. The van der Waals surface area contributed by atoms with Crippen molar-refractivity contribution in [1.29, 1.82) is 0 Å². The van der Waals surface area contributed by atoms with E-state index in [1.807, 2.05) is 0 Å². The fourth-order valence-corrected chi connectivity index (χ4v) is 2.28. The highest BCUT2D eigenvalue weighted by molar-refractivity contribution is 6.30. The van der Waals surface area contributed by atoms with Crippen LogP contribution in [0.5, 0.6) is 0 Å². The van der Waals surface area contributed by atoms with E-state index in [1.54, 1.807) is 0 Å². The number of rotatable bonds is 4. The molecule has 1 heterocycles. The van der Waals surface area contributed by atoms with Crippen LogP contribution in [0.2, 0.25) is 5.02 Å². The first kappa shape index (κ1) is 16.5. The van der Waals surface area contributed by atoms with Gasteiger partial charge in [-0.25, -0.2) is 14.1 Å². The third-order valence-electron chi connectivity index (χ3n) is 3.28. The van der Waals surface area contributed by atoms with Crippen LogP contribution in [0.25, 0.3) is 5.69 Å². The van der Waals surface area contributed by atoms with Crippen LogP contribution >= 0.6 is 11.6 Å². The molecule has 0 saturated heterocycles. The van der Waals surface area contributed by atoms with Crippen LogP contribution in [0.4, 0.5) is 15.8 Å². The molecule has 1 aromatic heterocycles. The van der Waals surface area contributed by atoms with Crippen LogP contribution < -0.4 is 5.32 Å². The van der Waals surface area contributed by atoms with Crippen LogP contribution in [0.15, 0.2) is 49.1 Å². The summed E-state index contributed by atoms with van der Waals surface area (Å²) in [4.78, 5) is 26.6. The van der Waals surface area contributed by atoms with Gasteiger partial charge >= 0.3 is 0 Å². The summed E-state index contributed by atoms with van der Waals surface area (Å²) < 4.78 is 15.0. The van der Waals surface area contributed by atoms with Crippen molar-refractivity contribution in [2.24, 2.45) is 0 Å². The molecule has 0 saturated carbocycles. The lowest BCUT2D eigenvalue weighted by Crippen LogP contribution is -2.14. The summed E-state index contributed by atoms with van der Waals surface area (Å²) >= 11 is 5.65. The number of amides is 1. The number of carbonyl (C=O) groups is 1. The first-order chi connectivity index (χ1) is 12.0. The molecule has 0 unspecified atom stereocenters. The van der Waals surface area contributed by atoms with Gasteiger partial charge in [-0.1, -0.05) is 11.6 Å². The molecule has 0 aliphatic heterocycles. The third kappa shape index (κ3) is 3.45. The van der Waals surface area contributed by atoms with E-state index in [4.69, 9.17) is 11.6 Å². The molecule has 10 heteroatoms. The number of nitro benzene ring substituents is 1. The van der Waals surface area contributed by atoms with Crippen molar-refractivity contribution in [2.75, 3.05) is 5.32 Å². The Labute approximate surface area is 145 Å². The third-order valence-corrected chi connectivity index (χ3v) is 3.51. The van der Waals surface area contributed by atoms with Crippen LogP contribution in [-0.4, -0.2) is 25.6 Å². The topological polar surface area (TPSA) is 103 Å². The Morgan fingerprint density at radius 1 is 1.28 bits per heavy atom. The number of nitro groups is 1. The predicted molar refractivity (Wildman–Crippen MR) is 87.4 cm³/mol. The standard InChI is InChI=1S/C15H9ClFN5O3/c16-10-2-3-12(11(17)6-10)20-15(23)9-1-4-13(14(5-9)22(24)25)21-8-18-7-19-21/h1-8H,(H,20,23). The minimum Gasteiger partial charge on any atom is -0.319 e. The highest BCUT2D eigenvalue weighted by Crippen LogP contribution is 2.25. The fraction of sp³-hybridized carbons (Fsp3) is 0. The van der Waals surface area contributed by atoms with Crippen molar-refractivity contribution in [3.05, 3.63) is 75.6 Å². The van der Waals surface area contributed by atoms with Gasteiger partial charge in [0, 0.05) is 16.7 Å². The molecule has 0 aliphatic carbocycles. The molecule has 1 N–H and O–H groups in total. The lowest BCUT2D eigenvalue weighted by Gasteiger charge is -2.08. The zero-order chi connectivity index (χ0) is 18.0. The van der Waals surface area contributed by atoms with E-state index >= 15 is 0 Å². The van der Waals surface area contributed by atoms with Crippen molar-refractivity contribution in [3.8, 4) is 5.69 Å². The number of nitrogens with zero attached hydrogens (tertiary/aromatic N) is 4. The Morgan fingerprint density at radius 3 is 2.72 bits per heavy atom. The number of aromatic nitrogens is 3. The van der Waals surface area contributed by atoms with Crippen molar-refractivity contribution < 1.29 is 14.1 Å². The Hall–Kier alpha value is -3.33. The van der Waals surface area contributed by atoms with Crippen LogP contribution in [0.1, 0.15) is 10.4 Å². The smallest absolute Gasteiger partial charge is 0.295 e. The second kappa shape index (κ2) is 6.65. The minimum absolute atomic E-state index is 0.00934. The minimum atomic E-state index is -0.713. The number of hydrogen-bond donors (Lipinski definition) is 1. The van der Waals surface area contributed by atoms with Gasteiger partial charge in [0.1, 0.15) is 24.2 Å². The molecular formula is C15H9ClFN5O3. The maximum Gasteiger partial charge on any atom is 0.295 e. The highest BCUT2D eigenvalue weighted by atomic mass is 35.5. The zero-order valence-corrected chi connectivity index (χ0v) is 13.1. The van der Waals surface area contributed by atoms with Gasteiger partial charge in [-0.15, -0.1) is 0 Å². The molecular weight excluding hydrogens is 353 g/mol. The summed E-state index contributed by atoms with van der Waals surface area (Å²) in [7, 11) is 0. The Bertz CT molecular complexity index is 962. The van der Waals surface area contributed by atoms with E-state index in [2.05, 4.69) is 15.4 Å². The molecule has 0 aliphatic rings. The van der Waals surface area contributed by atoms with Crippen LogP contribution in [-0.2, 0) is 0 Å². The summed E-state index contributed by atoms with van der Waals surface area (Å²) in [6, 6.07) is 7.57. The van der Waals surface area contributed by atoms with Gasteiger partial charge in [-0.2, -0.15) is 5.10 Å². The van der Waals surface area contributed by atoms with Crippen LogP contribution in [0, 0.1) is 15.9 Å². The largest absolute Gasteiger partial charge is 0.319 e. The molecule has 1 amide bonds. The molecule has 3 aromatic rings. The first-order valence-corrected chi connectivity index (χ1v) is 7.23. The number of benzene rings is 2. The number of anilines is 1. The van der Waals surface area contributed by atoms with Gasteiger partial charge in [-0.3, -0.25) is 14.9 Å². The van der Waals surface area contributed by atoms with Gasteiger partial charge in [0.25, 0.3) is 11.6 Å². The van der Waals surface area contributed by atoms with Crippen molar-refractivity contribution in [3.63, 3.8) is 0 Å². The Balaban J connectivity index is 1.93. The summed E-state index contributed by atoms with van der Waals surface area (Å²) in [6.07, 6.45) is 2.53. The molecule has 0 spiro atoms. The molecule has 0 bridgehead atoms. The van der Waals surface area contributed by atoms with Gasteiger partial charge in [-0.05, 0) is 30.3 Å². The van der Waals surface area contributed by atoms with E-state index in [0.717, 1.165) is 12.1 Å². The van der Waals surface area contributed by atoms with Crippen molar-refractivity contribution in [2.45, 2.75) is 0 Å². The van der Waals surface area contributed by atoms with E-state index < -0.39 is 16.6 Å². The second-order valence-electron chi connectivity index (χ2n) is 4.88. The van der Waals surface area contributed by atoms with E-state index in [0.29, 0.717) is 0 Å². The van der Waals surface area contributed by atoms with E-state index in [9.17, 15) is 19.3 Å². The Kier molecular flexibility index (Phi) is 4.40. The molecule has 25 heavy (non-hydrogen) atoms. The van der Waals surface area contributed by atoms with E-state index in [1.165, 1.54) is 41.6 Å². The number of hydrogen-bond acceptors (Lipinski definition) is 5. The number of carbonyl (C=O) groups excluding carboxylic acids is 1. The average Bonchev–Trinajstić information content (AvgIpc) is 3.11. The monoisotopic (exact) mass is 361 g/mol. The molecule has 0 atom stereocenters. The number of nitrogens with one attached hydrogen (secondary N) is 1. The maximum atomic E-state index is 13.8. The lowest BCUT2D eigenvalue weighted by atomic mass is 10.1. The SMILES string of the molecule is O=C(Nc1ccc(Cl)cc1F)c1ccc(-n2cncn2)c([N+](=O)[O-])c1. The predicted octanol–water partition coefficient (Wildman–Crippen LogP) is 3.22. The lowest BCUT2D eigenvalue weighted by molar-refractivity contribution is -0.384. The fourth-order valence-electron chi connectivity index (χ4n) is 2.12. The van der Waals surface area contributed by atoms with Gasteiger partial charge in [0.15, 0.2) is 0 Å². The normalized spacial score (nSPS) is 10.5. The van der Waals surface area contributed by atoms with Crippen molar-refractivity contribution in [1.82, 2.24) is 14.8 Å². The molecule has 2 aromatic carbocycles. The molecule has 3 rings (SSSR count). The quantitative estimate of drug-likeness (QED) is 0.567. The van der Waals surface area contributed by atoms with Crippen LogP contribution in [0.3, 0.4) is 0 Å². The van der Waals surface area contributed by atoms with Gasteiger partial charge in [0.05, 0.1) is 10.6 Å². The maximum absolute atomic E-state index is 13.8. The molecule has 0 fully saturated rings. The summed E-state index contributed by atoms with van der Waals surface area (Å²) in [5, 5.41) is 17.6. The first-order valence-electron chi connectivity index (χ1n) is 6.85. The Morgan fingerprint density at radius 2 is 2.08 bits per heavy atom. The second-order valence-corrected chi connectivity index (χ2v) is 5.32. The zero-order valence-electron chi connectivity index (χ0n) is 12.4. The summed E-state index contributed by atoms with van der Waals surface area (Å²) in [6.45, 7) is 0. The van der Waals surface area contributed by atoms with Crippen molar-refractivity contribution >= 4 is 28.9 Å². The number of halogens is 2. The van der Waals surface area contributed by atoms with Gasteiger partial charge < -0.3 is 5.32 Å². The molecule has 0 radical (unpaired) electrons. The summed E-state index contributed by atoms with van der Waals surface area (Å²) in [5.74, 6) is -1.41. The van der Waals surface area contributed by atoms with E-state index in [-0.39, 0.29) is 27.6 Å². The van der Waals surface area contributed by atoms with Gasteiger partial charge in [0.2, 0.25) is 0 Å². The highest BCUT2D eigenvalue weighted by Gasteiger charge is 2.20.